The normalized spacial score (nSPS) is 16.9. The van der Waals surface area contributed by atoms with Gasteiger partial charge in [0, 0.05) is 29.2 Å². The van der Waals surface area contributed by atoms with Gasteiger partial charge in [-0.15, -0.1) is 0 Å². The number of rotatable bonds is 4. The lowest BCUT2D eigenvalue weighted by Crippen LogP contribution is -2.25. The van der Waals surface area contributed by atoms with E-state index in [1.807, 2.05) is 37.3 Å². The highest BCUT2D eigenvalue weighted by atomic mass is 35.5. The first-order valence-electron chi connectivity index (χ1n) is 9.05. The maximum Gasteiger partial charge on any atom is 0.232 e. The lowest BCUT2D eigenvalue weighted by Gasteiger charge is -2.19. The van der Waals surface area contributed by atoms with Gasteiger partial charge in [0.2, 0.25) is 17.6 Å². The van der Waals surface area contributed by atoms with E-state index in [-0.39, 0.29) is 11.8 Å². The van der Waals surface area contributed by atoms with E-state index in [4.69, 9.17) is 16.1 Å². The zero-order valence-electron chi connectivity index (χ0n) is 15.3. The summed E-state index contributed by atoms with van der Waals surface area (Å²) in [6.45, 7) is 4.55. The third-order valence-electron chi connectivity index (χ3n) is 5.07. The van der Waals surface area contributed by atoms with E-state index in [0.29, 0.717) is 29.7 Å². The summed E-state index contributed by atoms with van der Waals surface area (Å²) in [4.78, 5) is 18.9. The molecule has 3 aromatic rings. The number of hydrogen-bond donors (Lipinski definition) is 0. The fraction of sp³-hybridized carbons (Fsp3) is 0.286. The summed E-state index contributed by atoms with van der Waals surface area (Å²) in [6, 6.07) is 13.7. The van der Waals surface area contributed by atoms with Crippen LogP contribution in [-0.2, 0) is 11.2 Å². The van der Waals surface area contributed by atoms with Gasteiger partial charge in [0.05, 0.1) is 5.92 Å². The number of aromatic nitrogens is 2. The van der Waals surface area contributed by atoms with Crippen molar-refractivity contribution in [3.63, 3.8) is 0 Å². The Morgan fingerprint density at radius 3 is 2.74 bits per heavy atom. The van der Waals surface area contributed by atoms with Gasteiger partial charge in [0.25, 0.3) is 0 Å². The van der Waals surface area contributed by atoms with Crippen LogP contribution < -0.4 is 4.90 Å². The predicted octanol–water partition coefficient (Wildman–Crippen LogP) is 4.78. The SMILES string of the molecule is CCc1ccc(-c2noc(C3CC(=O)N(c4cccc(Cl)c4C)C3)n2)cc1. The van der Waals surface area contributed by atoms with E-state index in [0.717, 1.165) is 23.2 Å². The van der Waals surface area contributed by atoms with E-state index in [1.165, 1.54) is 5.56 Å². The van der Waals surface area contributed by atoms with Crippen LogP contribution in [0.2, 0.25) is 5.02 Å². The molecule has 1 unspecified atom stereocenters. The van der Waals surface area contributed by atoms with E-state index in [1.54, 1.807) is 4.90 Å². The van der Waals surface area contributed by atoms with Crippen LogP contribution in [0.4, 0.5) is 5.69 Å². The second-order valence-electron chi connectivity index (χ2n) is 6.80. The van der Waals surface area contributed by atoms with Gasteiger partial charge < -0.3 is 9.42 Å². The fourth-order valence-electron chi connectivity index (χ4n) is 3.40. The largest absolute Gasteiger partial charge is 0.339 e. The number of amides is 1. The Kier molecular flexibility index (Phi) is 4.70. The van der Waals surface area contributed by atoms with Crippen LogP contribution in [0, 0.1) is 6.92 Å². The van der Waals surface area contributed by atoms with Crippen molar-refractivity contribution in [2.45, 2.75) is 32.6 Å². The molecular formula is C21H20ClN3O2. The molecule has 27 heavy (non-hydrogen) atoms. The molecule has 5 nitrogen and oxygen atoms in total. The summed E-state index contributed by atoms with van der Waals surface area (Å²) in [6.07, 6.45) is 1.34. The lowest BCUT2D eigenvalue weighted by atomic mass is 10.1. The highest BCUT2D eigenvalue weighted by molar-refractivity contribution is 6.31. The number of benzene rings is 2. The topological polar surface area (TPSA) is 59.2 Å². The van der Waals surface area contributed by atoms with Crippen LogP contribution in [0.5, 0.6) is 0 Å². The van der Waals surface area contributed by atoms with Crippen LogP contribution in [0.15, 0.2) is 47.0 Å². The summed E-state index contributed by atoms with van der Waals surface area (Å²) in [7, 11) is 0. The molecule has 1 aliphatic heterocycles. The molecule has 1 aliphatic rings. The first-order chi connectivity index (χ1) is 13.1. The zero-order valence-corrected chi connectivity index (χ0v) is 16.0. The summed E-state index contributed by atoms with van der Waals surface area (Å²) < 4.78 is 5.48. The fourth-order valence-corrected chi connectivity index (χ4v) is 3.57. The summed E-state index contributed by atoms with van der Waals surface area (Å²) in [5.41, 5.74) is 3.91. The van der Waals surface area contributed by atoms with E-state index in [9.17, 15) is 4.79 Å². The van der Waals surface area contributed by atoms with Crippen molar-refractivity contribution in [3.05, 3.63) is 64.5 Å². The zero-order chi connectivity index (χ0) is 19.0. The third-order valence-corrected chi connectivity index (χ3v) is 5.48. The Balaban J connectivity index is 1.56. The molecule has 4 rings (SSSR count). The molecule has 2 heterocycles. The Labute approximate surface area is 163 Å². The van der Waals surface area contributed by atoms with Crippen molar-refractivity contribution in [3.8, 4) is 11.4 Å². The first-order valence-corrected chi connectivity index (χ1v) is 9.43. The molecule has 6 heteroatoms. The van der Waals surface area contributed by atoms with E-state index >= 15 is 0 Å². The molecule has 0 aliphatic carbocycles. The quantitative estimate of drug-likeness (QED) is 0.652. The van der Waals surface area contributed by atoms with E-state index in [2.05, 4.69) is 29.2 Å². The van der Waals surface area contributed by atoms with Crippen molar-refractivity contribution < 1.29 is 9.32 Å². The minimum atomic E-state index is -0.118. The summed E-state index contributed by atoms with van der Waals surface area (Å²) in [5, 5.41) is 4.76. The van der Waals surface area contributed by atoms with Crippen LogP contribution in [0.3, 0.4) is 0 Å². The second kappa shape index (κ2) is 7.16. The van der Waals surface area contributed by atoms with E-state index < -0.39 is 0 Å². The highest BCUT2D eigenvalue weighted by Gasteiger charge is 2.35. The average Bonchev–Trinajstić information content (AvgIpc) is 3.31. The number of hydrogen-bond acceptors (Lipinski definition) is 4. The standard InChI is InChI=1S/C21H20ClN3O2/c1-3-14-7-9-15(10-8-14)20-23-21(27-24-20)16-11-19(26)25(12-16)18-6-4-5-17(22)13(18)2/h4-10,16H,3,11-12H2,1-2H3. The monoisotopic (exact) mass is 381 g/mol. The molecule has 1 amide bonds. The van der Waals surface area contributed by atoms with Crippen LogP contribution in [-0.4, -0.2) is 22.6 Å². The van der Waals surface area contributed by atoms with Crippen LogP contribution in [0.1, 0.15) is 36.3 Å². The number of nitrogens with zero attached hydrogens (tertiary/aromatic N) is 3. The number of anilines is 1. The van der Waals surface area contributed by atoms with Gasteiger partial charge in [-0.2, -0.15) is 4.98 Å². The van der Waals surface area contributed by atoms with Gasteiger partial charge in [-0.25, -0.2) is 0 Å². The van der Waals surface area contributed by atoms with Crippen molar-refractivity contribution in [1.29, 1.82) is 0 Å². The van der Waals surface area contributed by atoms with Crippen molar-refractivity contribution in [1.82, 2.24) is 10.1 Å². The molecular weight excluding hydrogens is 362 g/mol. The number of carbonyl (C=O) groups excluding carboxylic acids is 1. The third kappa shape index (κ3) is 3.35. The summed E-state index contributed by atoms with van der Waals surface area (Å²) >= 11 is 6.21. The Morgan fingerprint density at radius 1 is 1.22 bits per heavy atom. The van der Waals surface area contributed by atoms with Gasteiger partial charge >= 0.3 is 0 Å². The van der Waals surface area contributed by atoms with Gasteiger partial charge in [-0.1, -0.05) is 54.0 Å². The van der Waals surface area contributed by atoms with Crippen molar-refractivity contribution in [2.75, 3.05) is 11.4 Å². The minimum absolute atomic E-state index is 0.0393. The number of aryl methyl sites for hydroxylation is 1. The van der Waals surface area contributed by atoms with Gasteiger partial charge in [0.1, 0.15) is 0 Å². The molecule has 1 saturated heterocycles. The predicted molar refractivity (Wildman–Crippen MR) is 105 cm³/mol. The highest BCUT2D eigenvalue weighted by Crippen LogP contribution is 2.35. The molecule has 1 aromatic heterocycles. The molecule has 138 valence electrons. The molecule has 0 bridgehead atoms. The molecule has 2 aromatic carbocycles. The maximum absolute atomic E-state index is 12.6. The van der Waals surface area contributed by atoms with Crippen molar-refractivity contribution in [2.24, 2.45) is 0 Å². The first kappa shape index (κ1) is 17.7. The summed E-state index contributed by atoms with van der Waals surface area (Å²) in [5.74, 6) is 0.974. The Hall–Kier alpha value is -2.66. The average molecular weight is 382 g/mol. The van der Waals surface area contributed by atoms with Gasteiger partial charge in [-0.05, 0) is 36.6 Å². The Morgan fingerprint density at radius 2 is 2.00 bits per heavy atom. The second-order valence-corrected chi connectivity index (χ2v) is 7.20. The van der Waals surface area contributed by atoms with Crippen LogP contribution in [0.25, 0.3) is 11.4 Å². The van der Waals surface area contributed by atoms with Crippen LogP contribution >= 0.6 is 11.6 Å². The smallest absolute Gasteiger partial charge is 0.232 e. The molecule has 0 spiro atoms. The molecule has 0 radical (unpaired) electrons. The number of carbonyl (C=O) groups is 1. The molecule has 0 saturated carbocycles. The Bertz CT molecular complexity index is 981. The molecule has 1 atom stereocenters. The van der Waals surface area contributed by atoms with Crippen molar-refractivity contribution >= 4 is 23.2 Å². The minimum Gasteiger partial charge on any atom is -0.339 e. The maximum atomic E-state index is 12.6. The molecule has 1 fully saturated rings. The van der Waals surface area contributed by atoms with Gasteiger partial charge in [-0.3, -0.25) is 4.79 Å². The number of halogens is 1. The van der Waals surface area contributed by atoms with Gasteiger partial charge in [0.15, 0.2) is 0 Å². The molecule has 0 N–H and O–H groups in total. The lowest BCUT2D eigenvalue weighted by molar-refractivity contribution is -0.117.